The van der Waals surface area contributed by atoms with Crippen LogP contribution in [0.2, 0.25) is 0 Å². The minimum Gasteiger partial charge on any atom is -0.350 e. The zero-order valence-electron chi connectivity index (χ0n) is 15.9. The maximum Gasteiger partial charge on any atom is 0.239 e. The Bertz CT molecular complexity index is 959. The SMILES string of the molecule is CN(CC(=O)NCc1ccccc1)c1nc(-c2ccccn2)nc2c1CCC2. The summed E-state index contributed by atoms with van der Waals surface area (Å²) < 4.78 is 0. The van der Waals surface area contributed by atoms with E-state index >= 15 is 0 Å². The molecule has 142 valence electrons. The Hall–Kier alpha value is -3.28. The standard InChI is InChI=1S/C22H23N5O/c1-27(15-20(28)24-14-16-8-3-2-4-9-16)22-17-10-7-12-18(17)25-21(26-22)19-11-5-6-13-23-19/h2-6,8-9,11,13H,7,10,12,14-15H2,1H3,(H,24,28). The van der Waals surface area contributed by atoms with Gasteiger partial charge in [-0.2, -0.15) is 0 Å². The average Bonchev–Trinajstić information content (AvgIpc) is 3.21. The van der Waals surface area contributed by atoms with E-state index in [0.717, 1.165) is 47.6 Å². The molecule has 0 bridgehead atoms. The molecule has 0 radical (unpaired) electrons. The number of rotatable bonds is 6. The summed E-state index contributed by atoms with van der Waals surface area (Å²) in [4.78, 5) is 28.2. The van der Waals surface area contributed by atoms with Crippen LogP contribution in [-0.4, -0.2) is 34.5 Å². The summed E-state index contributed by atoms with van der Waals surface area (Å²) >= 11 is 0. The fourth-order valence-electron chi connectivity index (χ4n) is 3.48. The first-order valence-corrected chi connectivity index (χ1v) is 9.53. The van der Waals surface area contributed by atoms with E-state index in [0.29, 0.717) is 12.4 Å². The van der Waals surface area contributed by atoms with Crippen molar-refractivity contribution in [1.29, 1.82) is 0 Å². The summed E-state index contributed by atoms with van der Waals surface area (Å²) in [5.74, 6) is 1.42. The number of fused-ring (bicyclic) bond motifs is 1. The third-order valence-electron chi connectivity index (χ3n) is 4.88. The minimum atomic E-state index is -0.0314. The van der Waals surface area contributed by atoms with Crippen molar-refractivity contribution in [3.05, 3.63) is 71.5 Å². The molecule has 0 saturated heterocycles. The zero-order chi connectivity index (χ0) is 19.3. The number of benzene rings is 1. The molecule has 2 heterocycles. The molecule has 2 aromatic heterocycles. The Kier molecular flexibility index (Phi) is 5.28. The minimum absolute atomic E-state index is 0.0314. The molecule has 0 aliphatic heterocycles. The fourth-order valence-corrected chi connectivity index (χ4v) is 3.48. The lowest BCUT2D eigenvalue weighted by molar-refractivity contribution is -0.119. The normalized spacial score (nSPS) is 12.5. The third kappa shape index (κ3) is 4.01. The van der Waals surface area contributed by atoms with Gasteiger partial charge >= 0.3 is 0 Å². The number of aromatic nitrogens is 3. The number of pyridine rings is 1. The van der Waals surface area contributed by atoms with Gasteiger partial charge in [0.15, 0.2) is 5.82 Å². The lowest BCUT2D eigenvalue weighted by Gasteiger charge is -2.21. The Balaban J connectivity index is 1.51. The van der Waals surface area contributed by atoms with Gasteiger partial charge in [-0.15, -0.1) is 0 Å². The van der Waals surface area contributed by atoms with E-state index in [1.807, 2.05) is 60.5 Å². The van der Waals surface area contributed by atoms with Crippen LogP contribution in [0.25, 0.3) is 11.5 Å². The molecule has 0 fully saturated rings. The van der Waals surface area contributed by atoms with E-state index in [2.05, 4.69) is 10.3 Å². The number of amides is 1. The Morgan fingerprint density at radius 1 is 1.07 bits per heavy atom. The number of likely N-dealkylation sites (N-methyl/N-ethyl adjacent to an activating group) is 1. The quantitative estimate of drug-likeness (QED) is 0.719. The van der Waals surface area contributed by atoms with Crippen LogP contribution in [0.3, 0.4) is 0 Å². The molecule has 0 unspecified atom stereocenters. The van der Waals surface area contributed by atoms with Crippen LogP contribution >= 0.6 is 0 Å². The van der Waals surface area contributed by atoms with E-state index in [-0.39, 0.29) is 12.5 Å². The van der Waals surface area contributed by atoms with Crippen molar-refractivity contribution in [2.24, 2.45) is 0 Å². The first-order valence-electron chi connectivity index (χ1n) is 9.53. The molecule has 1 N–H and O–H groups in total. The maximum atomic E-state index is 12.4. The van der Waals surface area contributed by atoms with Crippen LogP contribution in [0.1, 0.15) is 23.2 Å². The van der Waals surface area contributed by atoms with Crippen molar-refractivity contribution < 1.29 is 4.79 Å². The first kappa shape index (κ1) is 18.1. The van der Waals surface area contributed by atoms with E-state index in [4.69, 9.17) is 9.97 Å². The second-order valence-electron chi connectivity index (χ2n) is 6.98. The summed E-state index contributed by atoms with van der Waals surface area (Å²) in [6.07, 6.45) is 4.70. The number of carbonyl (C=O) groups excluding carboxylic acids is 1. The molecule has 28 heavy (non-hydrogen) atoms. The van der Waals surface area contributed by atoms with Gasteiger partial charge < -0.3 is 10.2 Å². The van der Waals surface area contributed by atoms with Crippen LogP contribution in [-0.2, 0) is 24.2 Å². The smallest absolute Gasteiger partial charge is 0.239 e. The molecular weight excluding hydrogens is 350 g/mol. The van der Waals surface area contributed by atoms with Gasteiger partial charge in [-0.05, 0) is 37.0 Å². The topological polar surface area (TPSA) is 71.0 Å². The van der Waals surface area contributed by atoms with Gasteiger partial charge in [0.05, 0.1) is 6.54 Å². The maximum absolute atomic E-state index is 12.4. The van der Waals surface area contributed by atoms with Crippen LogP contribution in [0.4, 0.5) is 5.82 Å². The van der Waals surface area contributed by atoms with E-state index < -0.39 is 0 Å². The van der Waals surface area contributed by atoms with Crippen LogP contribution in [0.15, 0.2) is 54.7 Å². The molecule has 0 saturated carbocycles. The number of hydrogen-bond donors (Lipinski definition) is 1. The van der Waals surface area contributed by atoms with Gasteiger partial charge in [0.2, 0.25) is 5.91 Å². The highest BCUT2D eigenvalue weighted by atomic mass is 16.2. The van der Waals surface area contributed by atoms with Gasteiger partial charge in [-0.25, -0.2) is 9.97 Å². The van der Waals surface area contributed by atoms with Crippen LogP contribution in [0, 0.1) is 0 Å². The molecule has 4 rings (SSSR count). The second-order valence-corrected chi connectivity index (χ2v) is 6.98. The Morgan fingerprint density at radius 3 is 2.68 bits per heavy atom. The largest absolute Gasteiger partial charge is 0.350 e. The van der Waals surface area contributed by atoms with Crippen molar-refractivity contribution in [3.8, 4) is 11.5 Å². The predicted octanol–water partition coefficient (Wildman–Crippen LogP) is 2.78. The van der Waals surface area contributed by atoms with Crippen molar-refractivity contribution in [3.63, 3.8) is 0 Å². The number of nitrogens with one attached hydrogen (secondary N) is 1. The van der Waals surface area contributed by atoms with Crippen LogP contribution in [0.5, 0.6) is 0 Å². The molecule has 0 spiro atoms. The highest BCUT2D eigenvalue weighted by Gasteiger charge is 2.23. The second kappa shape index (κ2) is 8.17. The van der Waals surface area contributed by atoms with Crippen molar-refractivity contribution in [2.75, 3.05) is 18.5 Å². The monoisotopic (exact) mass is 373 g/mol. The number of nitrogens with zero attached hydrogens (tertiary/aromatic N) is 4. The van der Waals surface area contributed by atoms with Gasteiger partial charge in [0, 0.05) is 31.0 Å². The summed E-state index contributed by atoms with van der Waals surface area (Å²) in [5.41, 5.74) is 4.06. The summed E-state index contributed by atoms with van der Waals surface area (Å²) in [5, 5.41) is 2.98. The highest BCUT2D eigenvalue weighted by Crippen LogP contribution is 2.30. The summed E-state index contributed by atoms with van der Waals surface area (Å²) in [6.45, 7) is 0.770. The third-order valence-corrected chi connectivity index (χ3v) is 4.88. The molecule has 1 amide bonds. The number of anilines is 1. The fraction of sp³-hybridized carbons (Fsp3) is 0.273. The number of aryl methyl sites for hydroxylation is 1. The molecule has 1 aliphatic carbocycles. The number of hydrogen-bond acceptors (Lipinski definition) is 5. The zero-order valence-corrected chi connectivity index (χ0v) is 15.9. The molecule has 3 aromatic rings. The van der Waals surface area contributed by atoms with Crippen molar-refractivity contribution >= 4 is 11.7 Å². The van der Waals surface area contributed by atoms with E-state index in [1.54, 1.807) is 6.20 Å². The van der Waals surface area contributed by atoms with Gasteiger partial charge in [-0.3, -0.25) is 9.78 Å². The summed E-state index contributed by atoms with van der Waals surface area (Å²) in [6, 6.07) is 15.6. The van der Waals surface area contributed by atoms with E-state index in [9.17, 15) is 4.79 Å². The predicted molar refractivity (Wildman–Crippen MR) is 109 cm³/mol. The molecular formula is C22H23N5O. The summed E-state index contributed by atoms with van der Waals surface area (Å²) in [7, 11) is 1.91. The first-order chi connectivity index (χ1) is 13.7. The lowest BCUT2D eigenvalue weighted by atomic mass is 10.2. The number of carbonyl (C=O) groups is 1. The van der Waals surface area contributed by atoms with Gasteiger partial charge in [0.1, 0.15) is 11.5 Å². The molecule has 0 atom stereocenters. The Labute approximate surface area is 164 Å². The van der Waals surface area contributed by atoms with Gasteiger partial charge in [0.25, 0.3) is 0 Å². The lowest BCUT2D eigenvalue weighted by Crippen LogP contribution is -2.35. The van der Waals surface area contributed by atoms with E-state index in [1.165, 1.54) is 0 Å². The molecule has 1 aromatic carbocycles. The van der Waals surface area contributed by atoms with Gasteiger partial charge in [-0.1, -0.05) is 36.4 Å². The van der Waals surface area contributed by atoms with Crippen molar-refractivity contribution in [1.82, 2.24) is 20.3 Å². The highest BCUT2D eigenvalue weighted by molar-refractivity contribution is 5.81. The average molecular weight is 373 g/mol. The molecule has 1 aliphatic rings. The Morgan fingerprint density at radius 2 is 1.89 bits per heavy atom. The van der Waals surface area contributed by atoms with Crippen molar-refractivity contribution in [2.45, 2.75) is 25.8 Å². The van der Waals surface area contributed by atoms with Crippen LogP contribution < -0.4 is 10.2 Å². The molecule has 6 heteroatoms. The molecule has 6 nitrogen and oxygen atoms in total.